The highest BCUT2D eigenvalue weighted by Gasteiger charge is 2.42. The lowest BCUT2D eigenvalue weighted by atomic mass is 9.78. The van der Waals surface area contributed by atoms with Crippen LogP contribution in [0.5, 0.6) is 0 Å². The number of likely N-dealkylation sites (tertiary alicyclic amines) is 2. The van der Waals surface area contributed by atoms with E-state index in [2.05, 4.69) is 50.5 Å². The highest BCUT2D eigenvalue weighted by Crippen LogP contribution is 2.37. The van der Waals surface area contributed by atoms with Crippen molar-refractivity contribution in [2.45, 2.75) is 46.0 Å². The van der Waals surface area contributed by atoms with E-state index in [9.17, 15) is 9.59 Å². The predicted octanol–water partition coefficient (Wildman–Crippen LogP) is 3.64. The van der Waals surface area contributed by atoms with E-state index in [-0.39, 0.29) is 12.0 Å². The number of hydrogen-bond acceptors (Lipinski definition) is 7. The number of carbonyl (C=O) groups is 2. The van der Waals surface area contributed by atoms with Crippen LogP contribution >= 0.6 is 0 Å². The number of hydrogen-bond donors (Lipinski definition) is 1. The highest BCUT2D eigenvalue weighted by molar-refractivity contribution is 5.96. The van der Waals surface area contributed by atoms with Crippen molar-refractivity contribution in [1.82, 2.24) is 30.1 Å². The third-order valence-corrected chi connectivity index (χ3v) is 8.87. The van der Waals surface area contributed by atoms with Crippen molar-refractivity contribution < 1.29 is 14.4 Å². The fourth-order valence-corrected chi connectivity index (χ4v) is 6.86. The maximum absolute atomic E-state index is 13.3. The normalized spacial score (nSPS) is 23.0. The van der Waals surface area contributed by atoms with E-state index < -0.39 is 0 Å². The van der Waals surface area contributed by atoms with Gasteiger partial charge < -0.3 is 20.0 Å². The Morgan fingerprint density at radius 1 is 1.00 bits per heavy atom. The second kappa shape index (κ2) is 12.4. The molecule has 1 aromatic heterocycles. The Morgan fingerprint density at radius 2 is 1.64 bits per heavy atom. The quantitative estimate of drug-likeness (QED) is 0.553. The minimum atomic E-state index is -0.363. The van der Waals surface area contributed by atoms with Crippen LogP contribution in [0.4, 0.5) is 4.79 Å². The molecule has 0 aliphatic carbocycles. The van der Waals surface area contributed by atoms with Gasteiger partial charge in [0.2, 0.25) is 0 Å². The molecule has 210 valence electrons. The fourth-order valence-electron chi connectivity index (χ4n) is 6.86. The van der Waals surface area contributed by atoms with E-state index in [0.717, 1.165) is 76.5 Å². The Morgan fingerprint density at radius 3 is 2.26 bits per heavy atom. The van der Waals surface area contributed by atoms with E-state index in [0.29, 0.717) is 35.8 Å². The first-order chi connectivity index (χ1) is 18.9. The average Bonchev–Trinajstić information content (AvgIpc) is 3.49. The molecule has 5 rings (SSSR count). The fraction of sp³-hybridized carbons (Fsp3) is 0.600. The summed E-state index contributed by atoms with van der Waals surface area (Å²) in [6, 6.07) is 10.9. The van der Waals surface area contributed by atoms with Gasteiger partial charge in [0.25, 0.3) is 5.91 Å². The lowest BCUT2D eigenvalue weighted by Gasteiger charge is -2.36. The number of rotatable bonds is 8. The van der Waals surface area contributed by atoms with Crippen LogP contribution < -0.4 is 5.32 Å². The molecule has 4 heterocycles. The summed E-state index contributed by atoms with van der Waals surface area (Å²) in [5.41, 5.74) is 3.61. The molecule has 0 spiro atoms. The Bertz CT molecular complexity index is 1100. The summed E-state index contributed by atoms with van der Waals surface area (Å²) >= 11 is 0. The van der Waals surface area contributed by atoms with Gasteiger partial charge in [0.15, 0.2) is 0 Å². The number of aryl methyl sites for hydroxylation is 2. The molecule has 0 bridgehead atoms. The van der Waals surface area contributed by atoms with E-state index in [1.54, 1.807) is 0 Å². The molecule has 39 heavy (non-hydrogen) atoms. The third kappa shape index (κ3) is 6.41. The van der Waals surface area contributed by atoms with E-state index >= 15 is 0 Å². The zero-order valence-electron chi connectivity index (χ0n) is 23.5. The number of fused-ring (bicyclic) bond motifs is 1. The van der Waals surface area contributed by atoms with Gasteiger partial charge in [-0.3, -0.25) is 4.79 Å². The van der Waals surface area contributed by atoms with Crippen LogP contribution in [0.1, 0.15) is 59.4 Å². The second-order valence-corrected chi connectivity index (χ2v) is 11.4. The Balaban J connectivity index is 1.15. The Hall–Kier alpha value is -3.04. The maximum Gasteiger partial charge on any atom is 0.426 e. The molecule has 3 aliphatic rings. The molecule has 0 radical (unpaired) electrons. The first-order valence-electron chi connectivity index (χ1n) is 14.5. The topological polar surface area (TPSA) is 90.9 Å². The summed E-state index contributed by atoms with van der Waals surface area (Å²) in [5, 5.41) is 4.52. The zero-order chi connectivity index (χ0) is 27.4. The first kappa shape index (κ1) is 27.5. The summed E-state index contributed by atoms with van der Waals surface area (Å²) in [6.07, 6.45) is 4.32. The average molecular weight is 535 g/mol. The summed E-state index contributed by atoms with van der Waals surface area (Å²) < 4.78 is 0. The standard InChI is InChI=1S/C30H42N6O3/c1-4-31-30(38)39-36-14-10-24(11-15-36)27(23-8-6-5-7-9-23)12-13-34-16-25-18-35(19-26(25)17-34)29(37)28-21(2)32-20-33-22(28)3/h5-9,20,24-27H,4,10-19H2,1-3H3,(H,31,38). The SMILES string of the molecule is CCNC(=O)ON1CCC(C(CCN2CC3CN(C(=O)c4c(C)ncnc4C)CC3C2)c2ccccc2)CC1. The van der Waals surface area contributed by atoms with Gasteiger partial charge in [0, 0.05) is 45.8 Å². The Kier molecular flexibility index (Phi) is 8.77. The van der Waals surface area contributed by atoms with Crippen molar-refractivity contribution in [3.63, 3.8) is 0 Å². The van der Waals surface area contributed by atoms with Crippen LogP contribution in [0.25, 0.3) is 0 Å². The van der Waals surface area contributed by atoms with Crippen molar-refractivity contribution in [3.05, 3.63) is 59.2 Å². The largest absolute Gasteiger partial charge is 0.426 e. The van der Waals surface area contributed by atoms with Gasteiger partial charge in [-0.2, -0.15) is 0 Å². The van der Waals surface area contributed by atoms with Gasteiger partial charge in [-0.05, 0) is 75.8 Å². The lowest BCUT2D eigenvalue weighted by molar-refractivity contribution is -0.119. The molecule has 1 N–H and O–H groups in total. The molecule has 9 nitrogen and oxygen atoms in total. The van der Waals surface area contributed by atoms with Crippen LogP contribution in [-0.4, -0.2) is 89.2 Å². The van der Waals surface area contributed by atoms with Crippen LogP contribution in [0, 0.1) is 31.6 Å². The minimum Gasteiger partial charge on any atom is -0.351 e. The molecule has 3 aliphatic heterocycles. The minimum absolute atomic E-state index is 0.0817. The van der Waals surface area contributed by atoms with Gasteiger partial charge in [-0.25, -0.2) is 14.8 Å². The van der Waals surface area contributed by atoms with Crippen molar-refractivity contribution in [2.24, 2.45) is 17.8 Å². The smallest absolute Gasteiger partial charge is 0.351 e. The van der Waals surface area contributed by atoms with Crippen LogP contribution in [0.2, 0.25) is 0 Å². The predicted molar refractivity (Wildman–Crippen MR) is 149 cm³/mol. The highest BCUT2D eigenvalue weighted by atomic mass is 16.7. The summed E-state index contributed by atoms with van der Waals surface area (Å²) in [6.45, 7) is 12.6. The van der Waals surface area contributed by atoms with Gasteiger partial charge in [0.1, 0.15) is 6.33 Å². The van der Waals surface area contributed by atoms with E-state index in [1.807, 2.05) is 30.7 Å². The molecule has 9 heteroatoms. The van der Waals surface area contributed by atoms with Gasteiger partial charge in [0.05, 0.1) is 17.0 Å². The van der Waals surface area contributed by atoms with Crippen molar-refractivity contribution in [1.29, 1.82) is 0 Å². The summed E-state index contributed by atoms with van der Waals surface area (Å²) in [4.78, 5) is 43.7. The lowest BCUT2D eigenvalue weighted by Crippen LogP contribution is -2.40. The molecule has 3 unspecified atom stereocenters. The van der Waals surface area contributed by atoms with E-state index in [1.165, 1.54) is 11.9 Å². The number of benzene rings is 1. The number of aromatic nitrogens is 2. The monoisotopic (exact) mass is 534 g/mol. The van der Waals surface area contributed by atoms with Gasteiger partial charge in [-0.15, -0.1) is 5.06 Å². The number of piperidine rings is 1. The Labute approximate surface area is 231 Å². The third-order valence-electron chi connectivity index (χ3n) is 8.87. The van der Waals surface area contributed by atoms with Crippen molar-refractivity contribution >= 4 is 12.0 Å². The molecule has 1 aromatic carbocycles. The number of nitrogens with one attached hydrogen (secondary N) is 1. The molecular formula is C30H42N6O3. The van der Waals surface area contributed by atoms with Gasteiger partial charge in [-0.1, -0.05) is 30.3 Å². The van der Waals surface area contributed by atoms with Gasteiger partial charge >= 0.3 is 6.09 Å². The molecule has 2 amide bonds. The van der Waals surface area contributed by atoms with Crippen LogP contribution in [0.15, 0.2) is 36.7 Å². The molecule has 2 aromatic rings. The van der Waals surface area contributed by atoms with Crippen molar-refractivity contribution in [3.8, 4) is 0 Å². The molecule has 3 fully saturated rings. The summed E-state index contributed by atoms with van der Waals surface area (Å²) in [7, 11) is 0. The molecule has 3 saturated heterocycles. The van der Waals surface area contributed by atoms with Crippen LogP contribution in [0.3, 0.4) is 0 Å². The summed E-state index contributed by atoms with van der Waals surface area (Å²) in [5.74, 6) is 2.20. The number of nitrogens with zero attached hydrogens (tertiary/aromatic N) is 5. The number of hydroxylamine groups is 2. The molecular weight excluding hydrogens is 492 g/mol. The second-order valence-electron chi connectivity index (χ2n) is 11.4. The molecule has 3 atom stereocenters. The van der Waals surface area contributed by atoms with E-state index in [4.69, 9.17) is 4.84 Å². The maximum atomic E-state index is 13.3. The molecule has 0 saturated carbocycles. The number of amides is 2. The van der Waals surface area contributed by atoms with Crippen molar-refractivity contribution in [2.75, 3.05) is 52.4 Å². The number of carbonyl (C=O) groups excluding carboxylic acids is 2. The zero-order valence-corrected chi connectivity index (χ0v) is 23.5. The van der Waals surface area contributed by atoms with Crippen LogP contribution in [-0.2, 0) is 4.84 Å². The first-order valence-corrected chi connectivity index (χ1v) is 14.5.